The van der Waals surface area contributed by atoms with Crippen LogP contribution >= 0.6 is 0 Å². The van der Waals surface area contributed by atoms with Crippen LogP contribution in [0.4, 0.5) is 4.39 Å². The number of hydrogen-bond donors (Lipinski definition) is 0. The third-order valence-corrected chi connectivity index (χ3v) is 5.91. The average Bonchev–Trinajstić information content (AvgIpc) is 3.31. The van der Waals surface area contributed by atoms with Crippen molar-refractivity contribution in [1.29, 1.82) is 0 Å². The molecule has 1 atom stereocenters. The highest BCUT2D eigenvalue weighted by molar-refractivity contribution is 5.98. The Morgan fingerprint density at radius 2 is 1.65 bits per heavy atom. The summed E-state index contributed by atoms with van der Waals surface area (Å²) in [5.41, 5.74) is -0.287. The minimum Gasteiger partial charge on any atom is -0.353 e. The summed E-state index contributed by atoms with van der Waals surface area (Å²) in [7, 11) is 0. The molecule has 0 radical (unpaired) electrons. The molecule has 2 aliphatic heterocycles. The standard InChI is InChI=1S/C20H25FN2O3/c21-16-8-6-15(7-9-16)18(24)23-17(19(25)22-12-4-5-13-22)14-26-20(23)10-2-1-3-11-20/h6-9,17H,1-5,10-14H2. The zero-order valence-corrected chi connectivity index (χ0v) is 15.0. The molecule has 0 N–H and O–H groups in total. The fraction of sp³-hybridized carbons (Fsp3) is 0.600. The van der Waals surface area contributed by atoms with Crippen molar-refractivity contribution in [3.63, 3.8) is 0 Å². The first-order valence-electron chi connectivity index (χ1n) is 9.63. The van der Waals surface area contributed by atoms with Gasteiger partial charge in [-0.1, -0.05) is 6.42 Å². The third-order valence-electron chi connectivity index (χ3n) is 5.91. The normalized spacial score (nSPS) is 25.0. The number of benzene rings is 1. The smallest absolute Gasteiger partial charge is 0.256 e. The summed E-state index contributed by atoms with van der Waals surface area (Å²) < 4.78 is 19.4. The van der Waals surface area contributed by atoms with Gasteiger partial charge in [0.15, 0.2) is 0 Å². The van der Waals surface area contributed by atoms with Gasteiger partial charge in [0, 0.05) is 18.7 Å². The summed E-state index contributed by atoms with van der Waals surface area (Å²) in [4.78, 5) is 29.9. The molecule has 26 heavy (non-hydrogen) atoms. The third kappa shape index (κ3) is 3.00. The van der Waals surface area contributed by atoms with Crippen LogP contribution in [-0.4, -0.2) is 53.1 Å². The quantitative estimate of drug-likeness (QED) is 0.815. The summed E-state index contributed by atoms with van der Waals surface area (Å²) in [5, 5.41) is 0. The monoisotopic (exact) mass is 360 g/mol. The highest BCUT2D eigenvalue weighted by atomic mass is 19.1. The number of carbonyl (C=O) groups is 2. The van der Waals surface area contributed by atoms with Gasteiger partial charge >= 0.3 is 0 Å². The molecule has 1 unspecified atom stereocenters. The maximum atomic E-state index is 13.3. The molecule has 1 saturated carbocycles. The van der Waals surface area contributed by atoms with Crippen LogP contribution < -0.4 is 0 Å². The molecule has 2 amide bonds. The van der Waals surface area contributed by atoms with E-state index in [9.17, 15) is 14.0 Å². The molecule has 1 spiro atoms. The van der Waals surface area contributed by atoms with Crippen molar-refractivity contribution in [2.75, 3.05) is 19.7 Å². The maximum Gasteiger partial charge on any atom is 0.256 e. The zero-order chi connectivity index (χ0) is 18.1. The lowest BCUT2D eigenvalue weighted by molar-refractivity contribution is -0.136. The van der Waals surface area contributed by atoms with Crippen LogP contribution in [0.5, 0.6) is 0 Å². The molecule has 4 rings (SSSR count). The van der Waals surface area contributed by atoms with Gasteiger partial charge in [-0.15, -0.1) is 0 Å². The molecular formula is C20H25FN2O3. The lowest BCUT2D eigenvalue weighted by atomic mass is 9.89. The first-order chi connectivity index (χ1) is 12.6. The van der Waals surface area contributed by atoms with Gasteiger partial charge < -0.3 is 9.64 Å². The Balaban J connectivity index is 1.66. The predicted octanol–water partition coefficient (Wildman–Crippen LogP) is 2.95. The molecule has 3 aliphatic rings. The average molecular weight is 360 g/mol. The largest absolute Gasteiger partial charge is 0.353 e. The van der Waals surface area contributed by atoms with Gasteiger partial charge in [0.05, 0.1) is 6.61 Å². The number of ether oxygens (including phenoxy) is 1. The van der Waals surface area contributed by atoms with E-state index in [2.05, 4.69) is 0 Å². The molecule has 1 aliphatic carbocycles. The van der Waals surface area contributed by atoms with E-state index in [0.717, 1.165) is 58.0 Å². The molecule has 3 fully saturated rings. The molecule has 1 aromatic rings. The zero-order valence-electron chi connectivity index (χ0n) is 15.0. The summed E-state index contributed by atoms with van der Waals surface area (Å²) >= 11 is 0. The fourth-order valence-corrected chi connectivity index (χ4v) is 4.54. The number of amides is 2. The van der Waals surface area contributed by atoms with E-state index in [1.54, 1.807) is 4.90 Å². The van der Waals surface area contributed by atoms with E-state index in [1.165, 1.54) is 24.3 Å². The number of likely N-dealkylation sites (tertiary alicyclic amines) is 1. The Bertz CT molecular complexity index is 679. The van der Waals surface area contributed by atoms with E-state index in [4.69, 9.17) is 4.74 Å². The lowest BCUT2D eigenvalue weighted by Gasteiger charge is -2.42. The Labute approximate surface area is 153 Å². The second-order valence-corrected chi connectivity index (χ2v) is 7.55. The van der Waals surface area contributed by atoms with Crippen molar-refractivity contribution in [2.45, 2.75) is 56.7 Å². The summed E-state index contributed by atoms with van der Waals surface area (Å²) in [6.45, 7) is 1.75. The van der Waals surface area contributed by atoms with Crippen LogP contribution in [-0.2, 0) is 9.53 Å². The Morgan fingerprint density at radius 3 is 2.31 bits per heavy atom. The molecule has 2 heterocycles. The van der Waals surface area contributed by atoms with Crippen molar-refractivity contribution in [3.05, 3.63) is 35.6 Å². The minimum atomic E-state index is -0.691. The van der Waals surface area contributed by atoms with Crippen molar-refractivity contribution in [2.24, 2.45) is 0 Å². The predicted molar refractivity (Wildman–Crippen MR) is 93.9 cm³/mol. The van der Waals surface area contributed by atoms with Crippen molar-refractivity contribution in [1.82, 2.24) is 9.80 Å². The number of nitrogens with zero attached hydrogens (tertiary/aromatic N) is 2. The van der Waals surface area contributed by atoms with Crippen LogP contribution in [0, 0.1) is 5.82 Å². The topological polar surface area (TPSA) is 49.9 Å². The van der Waals surface area contributed by atoms with Crippen LogP contribution in [0.2, 0.25) is 0 Å². The molecular weight excluding hydrogens is 335 g/mol. The molecule has 1 aromatic carbocycles. The number of hydrogen-bond acceptors (Lipinski definition) is 3. The van der Waals surface area contributed by atoms with Gasteiger partial charge in [-0.3, -0.25) is 14.5 Å². The summed E-state index contributed by atoms with van der Waals surface area (Å²) in [6.07, 6.45) is 6.62. The van der Waals surface area contributed by atoms with Gasteiger partial charge in [0.2, 0.25) is 5.91 Å². The van der Waals surface area contributed by atoms with Crippen molar-refractivity contribution >= 4 is 11.8 Å². The van der Waals surface area contributed by atoms with Crippen molar-refractivity contribution in [3.8, 4) is 0 Å². The Hall–Kier alpha value is -1.95. The second kappa shape index (κ2) is 6.99. The Morgan fingerprint density at radius 1 is 1.00 bits per heavy atom. The van der Waals surface area contributed by atoms with Gasteiger partial charge in [-0.2, -0.15) is 0 Å². The number of rotatable bonds is 2. The minimum absolute atomic E-state index is 0.0135. The van der Waals surface area contributed by atoms with E-state index < -0.39 is 11.8 Å². The van der Waals surface area contributed by atoms with E-state index in [-0.39, 0.29) is 24.2 Å². The molecule has 2 saturated heterocycles. The van der Waals surface area contributed by atoms with Gasteiger partial charge in [-0.25, -0.2) is 4.39 Å². The first kappa shape index (κ1) is 17.5. The fourth-order valence-electron chi connectivity index (χ4n) is 4.54. The molecule has 6 heteroatoms. The van der Waals surface area contributed by atoms with Gasteiger partial charge in [0.25, 0.3) is 5.91 Å². The molecule has 5 nitrogen and oxygen atoms in total. The van der Waals surface area contributed by atoms with Crippen LogP contribution in [0.15, 0.2) is 24.3 Å². The highest BCUT2D eigenvalue weighted by Gasteiger charge is 2.53. The maximum absolute atomic E-state index is 13.3. The molecule has 140 valence electrons. The number of halogens is 1. The first-order valence-corrected chi connectivity index (χ1v) is 9.63. The van der Waals surface area contributed by atoms with Crippen molar-refractivity contribution < 1.29 is 18.7 Å². The number of carbonyl (C=O) groups excluding carboxylic acids is 2. The lowest BCUT2D eigenvalue weighted by Crippen LogP contribution is -2.56. The summed E-state index contributed by atoms with van der Waals surface area (Å²) in [6, 6.07) is 4.97. The second-order valence-electron chi connectivity index (χ2n) is 7.55. The van der Waals surface area contributed by atoms with E-state index >= 15 is 0 Å². The van der Waals surface area contributed by atoms with E-state index in [1.807, 2.05) is 4.90 Å². The Kier molecular flexibility index (Phi) is 4.69. The summed E-state index contributed by atoms with van der Waals surface area (Å²) in [5.74, 6) is -0.626. The van der Waals surface area contributed by atoms with Crippen LogP contribution in [0.25, 0.3) is 0 Å². The van der Waals surface area contributed by atoms with Crippen LogP contribution in [0.1, 0.15) is 55.3 Å². The van der Waals surface area contributed by atoms with Gasteiger partial charge in [-0.05, 0) is 62.8 Å². The highest BCUT2D eigenvalue weighted by Crippen LogP contribution is 2.41. The molecule has 0 bridgehead atoms. The van der Waals surface area contributed by atoms with Crippen LogP contribution in [0.3, 0.4) is 0 Å². The SMILES string of the molecule is O=C(C1COC2(CCCCC2)N1C(=O)c1ccc(F)cc1)N1CCCC1. The van der Waals surface area contributed by atoms with E-state index in [0.29, 0.717) is 5.56 Å². The molecule has 0 aromatic heterocycles. The van der Waals surface area contributed by atoms with Gasteiger partial charge in [0.1, 0.15) is 17.6 Å².